The van der Waals surface area contributed by atoms with E-state index in [0.717, 1.165) is 11.5 Å². The fourth-order valence-electron chi connectivity index (χ4n) is 1.71. The van der Waals surface area contributed by atoms with E-state index < -0.39 is 6.10 Å². The molecule has 0 spiro atoms. The minimum Gasteiger partial charge on any atom is -0.360 e. The summed E-state index contributed by atoms with van der Waals surface area (Å²) >= 11 is 0. The van der Waals surface area contributed by atoms with Gasteiger partial charge in [0.15, 0.2) is 6.10 Å². The zero-order valence-corrected chi connectivity index (χ0v) is 9.55. The lowest BCUT2D eigenvalue weighted by Gasteiger charge is -2.30. The van der Waals surface area contributed by atoms with Crippen LogP contribution in [-0.4, -0.2) is 35.8 Å². The molecule has 1 aliphatic heterocycles. The number of aromatic nitrogens is 2. The summed E-state index contributed by atoms with van der Waals surface area (Å²) in [7, 11) is 0. The Balaban J connectivity index is 2.21. The lowest BCUT2D eigenvalue weighted by molar-refractivity contribution is 0.0761. The molecule has 1 atom stereocenters. The molecular formula is C10H14N6O. The van der Waals surface area contributed by atoms with Crippen molar-refractivity contribution in [2.75, 3.05) is 30.0 Å². The first kappa shape index (κ1) is 11.6. The number of aryl methyl sites for hydroxylation is 1. The van der Waals surface area contributed by atoms with Gasteiger partial charge in [-0.3, -0.25) is 5.43 Å². The van der Waals surface area contributed by atoms with E-state index >= 15 is 0 Å². The molecule has 1 aliphatic rings. The zero-order valence-electron chi connectivity index (χ0n) is 9.55. The summed E-state index contributed by atoms with van der Waals surface area (Å²) in [6.45, 7) is 3.61. The Kier molecular flexibility index (Phi) is 3.37. The fourth-order valence-corrected chi connectivity index (χ4v) is 1.71. The van der Waals surface area contributed by atoms with Gasteiger partial charge in [0, 0.05) is 18.3 Å². The minimum absolute atomic E-state index is 0.375. The van der Waals surface area contributed by atoms with E-state index in [1.807, 2.05) is 17.9 Å². The highest BCUT2D eigenvalue weighted by Gasteiger charge is 2.21. The molecule has 0 bridgehead atoms. The van der Waals surface area contributed by atoms with Gasteiger partial charge in [-0.15, -0.1) is 0 Å². The molecule has 90 valence electrons. The average molecular weight is 234 g/mol. The van der Waals surface area contributed by atoms with Crippen molar-refractivity contribution in [3.8, 4) is 6.07 Å². The molecule has 2 heterocycles. The summed E-state index contributed by atoms with van der Waals surface area (Å²) in [6, 6.07) is 3.96. The van der Waals surface area contributed by atoms with Gasteiger partial charge in [-0.25, -0.2) is 10.8 Å². The minimum atomic E-state index is -0.409. The first-order valence-electron chi connectivity index (χ1n) is 5.31. The number of hydrazine groups is 1. The molecule has 0 saturated carbocycles. The van der Waals surface area contributed by atoms with E-state index in [1.54, 1.807) is 0 Å². The van der Waals surface area contributed by atoms with Crippen LogP contribution in [0.2, 0.25) is 0 Å². The number of ether oxygens (including phenoxy) is 1. The van der Waals surface area contributed by atoms with E-state index in [-0.39, 0.29) is 0 Å². The third kappa shape index (κ3) is 2.61. The highest BCUT2D eigenvalue weighted by molar-refractivity contribution is 5.45. The van der Waals surface area contributed by atoms with Crippen molar-refractivity contribution in [1.29, 1.82) is 5.26 Å². The Bertz CT molecular complexity index is 443. The summed E-state index contributed by atoms with van der Waals surface area (Å²) in [5.41, 5.74) is 3.25. The third-order valence-electron chi connectivity index (χ3n) is 2.50. The SMILES string of the molecule is Cc1cc(N2CCOC(C#N)C2)nc(NN)n1. The Morgan fingerprint density at radius 1 is 1.65 bits per heavy atom. The molecule has 1 fully saturated rings. The van der Waals surface area contributed by atoms with Crippen molar-refractivity contribution in [2.45, 2.75) is 13.0 Å². The summed E-state index contributed by atoms with van der Waals surface area (Å²) in [4.78, 5) is 10.4. The van der Waals surface area contributed by atoms with Crippen LogP contribution in [0.1, 0.15) is 5.69 Å². The van der Waals surface area contributed by atoms with E-state index in [1.165, 1.54) is 0 Å². The summed E-state index contributed by atoms with van der Waals surface area (Å²) in [6.07, 6.45) is -0.409. The average Bonchev–Trinajstić information content (AvgIpc) is 2.38. The standard InChI is InChI=1S/C10H14N6O/c1-7-4-9(14-10(13-7)15-12)16-2-3-17-8(5-11)6-16/h4,8H,2-3,6,12H2,1H3,(H,13,14,15). The Labute approximate surface area is 99.2 Å². The Morgan fingerprint density at radius 2 is 2.47 bits per heavy atom. The summed E-state index contributed by atoms with van der Waals surface area (Å²) < 4.78 is 5.28. The molecule has 7 nitrogen and oxygen atoms in total. The van der Waals surface area contributed by atoms with Gasteiger partial charge in [0.2, 0.25) is 5.95 Å². The number of anilines is 2. The predicted octanol–water partition coefficient (Wildman–Crippen LogP) is -0.201. The zero-order chi connectivity index (χ0) is 12.3. The van der Waals surface area contributed by atoms with E-state index in [9.17, 15) is 0 Å². The second-order valence-corrected chi connectivity index (χ2v) is 3.77. The highest BCUT2D eigenvalue weighted by Crippen LogP contribution is 2.17. The quantitative estimate of drug-likeness (QED) is 0.539. The first-order valence-corrected chi connectivity index (χ1v) is 5.31. The Hall–Kier alpha value is -1.91. The molecule has 3 N–H and O–H groups in total. The number of hydrogen-bond donors (Lipinski definition) is 2. The molecule has 1 saturated heterocycles. The maximum Gasteiger partial charge on any atom is 0.239 e. The van der Waals surface area contributed by atoms with E-state index in [2.05, 4.69) is 21.5 Å². The lowest BCUT2D eigenvalue weighted by Crippen LogP contribution is -2.42. The van der Waals surface area contributed by atoms with Crippen LogP contribution in [0.5, 0.6) is 0 Å². The number of nitrogens with two attached hydrogens (primary N) is 1. The monoisotopic (exact) mass is 234 g/mol. The van der Waals surface area contributed by atoms with Crippen molar-refractivity contribution < 1.29 is 4.74 Å². The molecular weight excluding hydrogens is 220 g/mol. The van der Waals surface area contributed by atoms with Crippen LogP contribution in [0.4, 0.5) is 11.8 Å². The van der Waals surface area contributed by atoms with E-state index in [4.69, 9.17) is 15.8 Å². The lowest BCUT2D eigenvalue weighted by atomic mass is 10.3. The summed E-state index contributed by atoms with van der Waals surface area (Å²) in [5.74, 6) is 6.43. The van der Waals surface area contributed by atoms with Gasteiger partial charge < -0.3 is 9.64 Å². The smallest absolute Gasteiger partial charge is 0.239 e. The molecule has 7 heteroatoms. The van der Waals surface area contributed by atoms with Crippen LogP contribution in [0, 0.1) is 18.3 Å². The van der Waals surface area contributed by atoms with Gasteiger partial charge in [0.1, 0.15) is 5.82 Å². The topological polar surface area (TPSA) is 100 Å². The molecule has 1 aromatic rings. The van der Waals surface area contributed by atoms with Gasteiger partial charge in [-0.2, -0.15) is 10.2 Å². The molecule has 2 rings (SSSR count). The van der Waals surface area contributed by atoms with Crippen LogP contribution < -0.4 is 16.2 Å². The number of nitriles is 1. The largest absolute Gasteiger partial charge is 0.360 e. The molecule has 17 heavy (non-hydrogen) atoms. The van der Waals surface area contributed by atoms with Gasteiger partial charge in [-0.1, -0.05) is 0 Å². The highest BCUT2D eigenvalue weighted by atomic mass is 16.5. The molecule has 0 aromatic carbocycles. The van der Waals surface area contributed by atoms with E-state index in [0.29, 0.717) is 25.6 Å². The molecule has 0 aliphatic carbocycles. The van der Waals surface area contributed by atoms with Crippen LogP contribution in [0.15, 0.2) is 6.07 Å². The first-order chi connectivity index (χ1) is 8.22. The van der Waals surface area contributed by atoms with Gasteiger partial charge in [-0.05, 0) is 6.92 Å². The summed E-state index contributed by atoms with van der Waals surface area (Å²) in [5, 5.41) is 8.84. The molecule has 0 radical (unpaired) electrons. The van der Waals surface area contributed by atoms with Gasteiger partial charge >= 0.3 is 0 Å². The third-order valence-corrected chi connectivity index (χ3v) is 2.50. The molecule has 1 unspecified atom stereocenters. The van der Waals surface area contributed by atoms with Crippen LogP contribution in [0.25, 0.3) is 0 Å². The van der Waals surface area contributed by atoms with Gasteiger partial charge in [0.25, 0.3) is 0 Å². The van der Waals surface area contributed by atoms with Crippen molar-refractivity contribution in [3.05, 3.63) is 11.8 Å². The van der Waals surface area contributed by atoms with Crippen LogP contribution >= 0.6 is 0 Å². The predicted molar refractivity (Wildman–Crippen MR) is 62.1 cm³/mol. The van der Waals surface area contributed by atoms with Crippen molar-refractivity contribution in [3.63, 3.8) is 0 Å². The number of nitrogens with zero attached hydrogens (tertiary/aromatic N) is 4. The maximum absolute atomic E-state index is 8.84. The van der Waals surface area contributed by atoms with Crippen LogP contribution in [0.3, 0.4) is 0 Å². The molecule has 0 amide bonds. The Morgan fingerprint density at radius 3 is 3.18 bits per heavy atom. The number of hydrogen-bond acceptors (Lipinski definition) is 7. The van der Waals surface area contributed by atoms with Crippen molar-refractivity contribution in [2.24, 2.45) is 5.84 Å². The normalized spacial score (nSPS) is 19.8. The van der Waals surface area contributed by atoms with Gasteiger partial charge in [0.05, 0.1) is 19.2 Å². The number of nitrogen functional groups attached to an aromatic ring is 1. The second-order valence-electron chi connectivity index (χ2n) is 3.77. The number of nitrogens with one attached hydrogen (secondary N) is 1. The molecule has 1 aromatic heterocycles. The maximum atomic E-state index is 8.84. The van der Waals surface area contributed by atoms with Crippen LogP contribution in [-0.2, 0) is 4.74 Å². The number of rotatable bonds is 2. The number of morpholine rings is 1. The fraction of sp³-hybridized carbons (Fsp3) is 0.500. The second kappa shape index (κ2) is 4.95. The van der Waals surface area contributed by atoms with Crippen molar-refractivity contribution >= 4 is 11.8 Å². The van der Waals surface area contributed by atoms with Crippen molar-refractivity contribution in [1.82, 2.24) is 9.97 Å².